The van der Waals surface area contributed by atoms with E-state index in [1.54, 1.807) is 29.9 Å². The van der Waals surface area contributed by atoms with Gasteiger partial charge in [-0.15, -0.1) is 0 Å². The molecule has 0 saturated heterocycles. The van der Waals surface area contributed by atoms with Crippen molar-refractivity contribution >= 4 is 17.5 Å². The first kappa shape index (κ1) is 16.4. The highest BCUT2D eigenvalue weighted by molar-refractivity contribution is 6.07. The number of carbonyl (C=O) groups is 1. The Morgan fingerprint density at radius 2 is 2.16 bits per heavy atom. The number of nitro groups is 1. The van der Waals surface area contributed by atoms with Gasteiger partial charge in [0, 0.05) is 12.7 Å². The molecule has 3 rings (SSSR count). The number of carbonyl (C=O) groups excluding carboxylic acids is 1. The summed E-state index contributed by atoms with van der Waals surface area (Å²) in [6, 6.07) is 3.44. The van der Waals surface area contributed by atoms with Crippen molar-refractivity contribution in [3.8, 4) is 0 Å². The molecule has 3 aromatic rings. The first-order valence-electron chi connectivity index (χ1n) is 7.40. The smallest absolute Gasteiger partial charge is 0.307 e. The van der Waals surface area contributed by atoms with Crippen LogP contribution in [0.2, 0.25) is 0 Å². The Morgan fingerprint density at radius 3 is 2.80 bits per heavy atom. The minimum atomic E-state index is -0.508. The molecule has 0 aliphatic heterocycles. The summed E-state index contributed by atoms with van der Waals surface area (Å²) in [4.78, 5) is 22.3. The van der Waals surface area contributed by atoms with E-state index in [2.05, 4.69) is 10.2 Å². The molecule has 9 heteroatoms. The van der Waals surface area contributed by atoms with Crippen LogP contribution in [-0.2, 0) is 13.6 Å². The van der Waals surface area contributed by atoms with Crippen LogP contribution in [0.15, 0.2) is 41.2 Å². The number of allylic oxidation sites excluding steroid dienone is 1. The molecule has 0 spiro atoms. The van der Waals surface area contributed by atoms with Gasteiger partial charge in [0.1, 0.15) is 23.9 Å². The number of hydrogen-bond acceptors (Lipinski definition) is 6. The molecule has 3 aromatic heterocycles. The van der Waals surface area contributed by atoms with Gasteiger partial charge in [-0.25, -0.2) is 0 Å². The predicted octanol–water partition coefficient (Wildman–Crippen LogP) is 2.37. The molecular formula is C16H15N5O4. The van der Waals surface area contributed by atoms with Gasteiger partial charge in [-0.2, -0.15) is 10.2 Å². The lowest BCUT2D eigenvalue weighted by molar-refractivity contribution is -0.385. The molecule has 25 heavy (non-hydrogen) atoms. The van der Waals surface area contributed by atoms with Crippen molar-refractivity contribution in [2.24, 2.45) is 7.05 Å². The number of aromatic nitrogens is 4. The quantitative estimate of drug-likeness (QED) is 0.295. The average Bonchev–Trinajstić information content (AvgIpc) is 3.28. The maximum absolute atomic E-state index is 12.2. The van der Waals surface area contributed by atoms with Gasteiger partial charge in [0.25, 0.3) is 0 Å². The van der Waals surface area contributed by atoms with E-state index in [9.17, 15) is 14.9 Å². The van der Waals surface area contributed by atoms with Crippen LogP contribution in [0.5, 0.6) is 0 Å². The predicted molar refractivity (Wildman–Crippen MR) is 88.0 cm³/mol. The fraction of sp³-hybridized carbons (Fsp3) is 0.188. The Kier molecular flexibility index (Phi) is 4.29. The number of hydrogen-bond donors (Lipinski definition) is 0. The van der Waals surface area contributed by atoms with Gasteiger partial charge >= 0.3 is 5.69 Å². The maximum Gasteiger partial charge on any atom is 0.307 e. The average molecular weight is 341 g/mol. The number of furan rings is 1. The SMILES string of the molecule is Cc1c(C(=O)/C=C/c2ccc(Cn3cc([N+](=O)[O-])cn3)o2)cnn1C. The second kappa shape index (κ2) is 6.56. The monoisotopic (exact) mass is 341 g/mol. The van der Waals surface area contributed by atoms with Gasteiger partial charge in [0.05, 0.1) is 23.2 Å². The van der Waals surface area contributed by atoms with Crippen molar-refractivity contribution in [2.45, 2.75) is 13.5 Å². The fourth-order valence-electron chi connectivity index (χ4n) is 2.25. The summed E-state index contributed by atoms with van der Waals surface area (Å²) in [7, 11) is 1.77. The number of ketones is 1. The molecule has 3 heterocycles. The van der Waals surface area contributed by atoms with E-state index in [-0.39, 0.29) is 18.0 Å². The van der Waals surface area contributed by atoms with Crippen LogP contribution in [0, 0.1) is 17.0 Å². The van der Waals surface area contributed by atoms with Crippen LogP contribution in [0.25, 0.3) is 6.08 Å². The largest absolute Gasteiger partial charge is 0.460 e. The summed E-state index contributed by atoms with van der Waals surface area (Å²) in [5, 5.41) is 18.6. The third-order valence-corrected chi connectivity index (χ3v) is 3.73. The van der Waals surface area contributed by atoms with Crippen molar-refractivity contribution in [1.29, 1.82) is 0 Å². The Balaban J connectivity index is 1.67. The molecule has 0 radical (unpaired) electrons. The van der Waals surface area contributed by atoms with Gasteiger partial charge in [0.2, 0.25) is 0 Å². The Morgan fingerprint density at radius 1 is 1.36 bits per heavy atom. The molecule has 0 unspecified atom stereocenters. The Labute approximate surface area is 142 Å². The molecule has 0 aliphatic rings. The zero-order chi connectivity index (χ0) is 18.0. The highest BCUT2D eigenvalue weighted by Crippen LogP contribution is 2.14. The molecule has 0 saturated carbocycles. The molecule has 0 aromatic carbocycles. The first-order valence-corrected chi connectivity index (χ1v) is 7.40. The van der Waals surface area contributed by atoms with Crippen molar-refractivity contribution in [1.82, 2.24) is 19.6 Å². The lowest BCUT2D eigenvalue weighted by atomic mass is 10.1. The van der Waals surface area contributed by atoms with Gasteiger partial charge in [-0.1, -0.05) is 0 Å². The molecular weight excluding hydrogens is 326 g/mol. The van der Waals surface area contributed by atoms with Gasteiger partial charge in [-0.05, 0) is 31.2 Å². The standard InChI is InChI=1S/C16H15N5O4/c1-11-15(8-17-19(11)2)16(22)6-5-13-3-4-14(25-13)10-20-9-12(7-18-20)21(23)24/h3-9H,10H2,1-2H3/b6-5+. The van der Waals surface area contributed by atoms with E-state index in [1.165, 1.54) is 29.3 Å². The maximum atomic E-state index is 12.2. The summed E-state index contributed by atoms with van der Waals surface area (Å²) < 4.78 is 8.63. The normalized spacial score (nSPS) is 11.3. The molecule has 128 valence electrons. The molecule has 0 N–H and O–H groups in total. The van der Waals surface area contributed by atoms with Crippen LogP contribution in [-0.4, -0.2) is 30.3 Å². The minimum Gasteiger partial charge on any atom is -0.460 e. The molecule has 0 aliphatic carbocycles. The number of nitrogens with zero attached hydrogens (tertiary/aromatic N) is 5. The highest BCUT2D eigenvalue weighted by Gasteiger charge is 2.11. The van der Waals surface area contributed by atoms with Gasteiger partial charge < -0.3 is 4.42 Å². The van der Waals surface area contributed by atoms with Crippen LogP contribution in [0.4, 0.5) is 5.69 Å². The lowest BCUT2D eigenvalue weighted by Crippen LogP contribution is -1.98. The van der Waals surface area contributed by atoms with E-state index in [4.69, 9.17) is 4.42 Å². The van der Waals surface area contributed by atoms with Crippen LogP contribution in [0.1, 0.15) is 27.6 Å². The van der Waals surface area contributed by atoms with Crippen LogP contribution < -0.4 is 0 Å². The number of aryl methyl sites for hydroxylation is 1. The summed E-state index contributed by atoms with van der Waals surface area (Å²) in [6.45, 7) is 2.08. The first-order chi connectivity index (χ1) is 11.9. The third-order valence-electron chi connectivity index (χ3n) is 3.73. The van der Waals surface area contributed by atoms with Gasteiger partial charge in [0.15, 0.2) is 5.78 Å². The molecule has 9 nitrogen and oxygen atoms in total. The summed E-state index contributed by atoms with van der Waals surface area (Å²) >= 11 is 0. The fourth-order valence-corrected chi connectivity index (χ4v) is 2.25. The van der Waals surface area contributed by atoms with E-state index in [1.807, 2.05) is 6.92 Å². The zero-order valence-electron chi connectivity index (χ0n) is 13.6. The summed E-state index contributed by atoms with van der Waals surface area (Å²) in [5.41, 5.74) is 1.24. The van der Waals surface area contributed by atoms with Crippen LogP contribution in [0.3, 0.4) is 0 Å². The lowest BCUT2D eigenvalue weighted by Gasteiger charge is -1.96. The van der Waals surface area contributed by atoms with Crippen LogP contribution >= 0.6 is 0 Å². The van der Waals surface area contributed by atoms with E-state index in [0.29, 0.717) is 17.1 Å². The second-order valence-electron chi connectivity index (χ2n) is 5.42. The molecule has 0 fully saturated rings. The Hall–Kier alpha value is -3.49. The molecule has 0 bridgehead atoms. The summed E-state index contributed by atoms with van der Waals surface area (Å²) in [5.74, 6) is 0.917. The van der Waals surface area contributed by atoms with Gasteiger partial charge in [-0.3, -0.25) is 24.3 Å². The van der Waals surface area contributed by atoms with E-state index in [0.717, 1.165) is 5.69 Å². The molecule has 0 amide bonds. The topological polar surface area (TPSA) is 109 Å². The Bertz CT molecular complexity index is 963. The zero-order valence-corrected chi connectivity index (χ0v) is 13.6. The summed E-state index contributed by atoms with van der Waals surface area (Å²) in [6.07, 6.45) is 7.03. The van der Waals surface area contributed by atoms with Crippen molar-refractivity contribution < 1.29 is 14.1 Å². The van der Waals surface area contributed by atoms with E-state index >= 15 is 0 Å². The van der Waals surface area contributed by atoms with Crippen molar-refractivity contribution in [3.63, 3.8) is 0 Å². The van der Waals surface area contributed by atoms with E-state index < -0.39 is 4.92 Å². The highest BCUT2D eigenvalue weighted by atomic mass is 16.6. The number of rotatable bonds is 6. The third kappa shape index (κ3) is 3.55. The van der Waals surface area contributed by atoms with Crippen molar-refractivity contribution in [3.05, 3.63) is 69.7 Å². The second-order valence-corrected chi connectivity index (χ2v) is 5.42. The van der Waals surface area contributed by atoms with Crippen molar-refractivity contribution in [2.75, 3.05) is 0 Å². The molecule has 0 atom stereocenters. The minimum absolute atomic E-state index is 0.0795.